The van der Waals surface area contributed by atoms with Gasteiger partial charge in [0.05, 0.1) is 0 Å². The average Bonchev–Trinajstić information content (AvgIpc) is 2.59. The Bertz CT molecular complexity index is 787. The maximum Gasteiger partial charge on any atom is 0.186 e. The highest BCUT2D eigenvalue weighted by Crippen LogP contribution is 2.22. The molecule has 0 bridgehead atoms. The zero-order chi connectivity index (χ0) is 19.1. The molecule has 0 aliphatic rings. The van der Waals surface area contributed by atoms with Crippen LogP contribution in [0.3, 0.4) is 0 Å². The summed E-state index contributed by atoms with van der Waals surface area (Å²) >= 11 is 12.1. The molecular weight excluding hydrogens is 367 g/mol. The molecule has 0 aliphatic carbocycles. The van der Waals surface area contributed by atoms with E-state index in [2.05, 4.69) is 30.9 Å². The SMILES string of the molecule is CN(C)CCN(C)Cc1ccccc1C(=O)C=Cc1ccc(Cl)cc1Cl. The molecule has 0 unspecified atom stereocenters. The summed E-state index contributed by atoms with van der Waals surface area (Å²) in [6, 6.07) is 12.9. The second kappa shape index (κ2) is 9.89. The van der Waals surface area contributed by atoms with Crippen molar-refractivity contribution >= 4 is 35.1 Å². The van der Waals surface area contributed by atoms with Crippen molar-refractivity contribution in [1.82, 2.24) is 9.80 Å². The van der Waals surface area contributed by atoms with Crippen molar-refractivity contribution in [2.75, 3.05) is 34.2 Å². The number of hydrogen-bond donors (Lipinski definition) is 0. The van der Waals surface area contributed by atoms with Crippen molar-refractivity contribution in [2.45, 2.75) is 6.54 Å². The molecule has 0 saturated carbocycles. The molecule has 0 N–H and O–H groups in total. The normalized spacial score (nSPS) is 11.7. The number of carbonyl (C=O) groups is 1. The summed E-state index contributed by atoms with van der Waals surface area (Å²) in [4.78, 5) is 17.0. The van der Waals surface area contributed by atoms with Crippen LogP contribution in [0.5, 0.6) is 0 Å². The van der Waals surface area contributed by atoms with Crippen LogP contribution >= 0.6 is 23.2 Å². The van der Waals surface area contributed by atoms with Crippen LogP contribution in [0.15, 0.2) is 48.5 Å². The number of halogens is 2. The van der Waals surface area contributed by atoms with Crippen molar-refractivity contribution in [3.8, 4) is 0 Å². The zero-order valence-electron chi connectivity index (χ0n) is 15.4. The van der Waals surface area contributed by atoms with E-state index in [1.807, 2.05) is 24.3 Å². The fourth-order valence-corrected chi connectivity index (χ4v) is 3.00. The Hall–Kier alpha value is -1.65. The predicted octanol–water partition coefficient (Wildman–Crippen LogP) is 4.88. The minimum absolute atomic E-state index is 0.0346. The molecule has 0 aromatic heterocycles. The van der Waals surface area contributed by atoms with Crippen molar-refractivity contribution in [2.24, 2.45) is 0 Å². The second-order valence-corrected chi connectivity index (χ2v) is 7.41. The monoisotopic (exact) mass is 390 g/mol. The van der Waals surface area contributed by atoms with Gasteiger partial charge in [0.15, 0.2) is 5.78 Å². The van der Waals surface area contributed by atoms with E-state index in [9.17, 15) is 4.79 Å². The summed E-state index contributed by atoms with van der Waals surface area (Å²) < 4.78 is 0. The lowest BCUT2D eigenvalue weighted by molar-refractivity contribution is 0.104. The lowest BCUT2D eigenvalue weighted by atomic mass is 10.0. The molecular formula is C21H24Cl2N2O. The van der Waals surface area contributed by atoms with Gasteiger partial charge >= 0.3 is 0 Å². The quantitative estimate of drug-likeness (QED) is 0.473. The molecule has 0 fully saturated rings. The van der Waals surface area contributed by atoms with Crippen molar-refractivity contribution in [1.29, 1.82) is 0 Å². The van der Waals surface area contributed by atoms with Crippen LogP contribution in [-0.2, 0) is 6.54 Å². The van der Waals surface area contributed by atoms with E-state index >= 15 is 0 Å². The third kappa shape index (κ3) is 6.26. The highest BCUT2D eigenvalue weighted by atomic mass is 35.5. The first-order chi connectivity index (χ1) is 12.4. The summed E-state index contributed by atoms with van der Waals surface area (Å²) in [6.07, 6.45) is 3.29. The molecule has 0 spiro atoms. The number of carbonyl (C=O) groups excluding carboxylic acids is 1. The number of hydrogen-bond acceptors (Lipinski definition) is 3. The molecule has 0 heterocycles. The van der Waals surface area contributed by atoms with Crippen LogP contribution in [0.2, 0.25) is 10.0 Å². The molecule has 5 heteroatoms. The van der Waals surface area contributed by atoms with Crippen LogP contribution < -0.4 is 0 Å². The van der Waals surface area contributed by atoms with Crippen LogP contribution in [0.4, 0.5) is 0 Å². The number of nitrogens with zero attached hydrogens (tertiary/aromatic N) is 2. The summed E-state index contributed by atoms with van der Waals surface area (Å²) in [6.45, 7) is 2.64. The first kappa shape index (κ1) is 20.7. The van der Waals surface area contributed by atoms with E-state index in [0.717, 1.165) is 30.8 Å². The molecule has 0 aliphatic heterocycles. The number of rotatable bonds is 8. The Morgan fingerprint density at radius 3 is 2.46 bits per heavy atom. The number of allylic oxidation sites excluding steroid dienone is 1. The van der Waals surface area contributed by atoms with Crippen LogP contribution in [0.25, 0.3) is 6.08 Å². The zero-order valence-corrected chi connectivity index (χ0v) is 16.9. The Morgan fingerprint density at radius 2 is 1.77 bits per heavy atom. The van der Waals surface area contributed by atoms with Crippen molar-refractivity contribution < 1.29 is 4.79 Å². The van der Waals surface area contributed by atoms with Crippen molar-refractivity contribution in [3.05, 3.63) is 75.3 Å². The van der Waals surface area contributed by atoms with E-state index in [1.165, 1.54) is 0 Å². The molecule has 2 rings (SSSR count). The molecule has 3 nitrogen and oxygen atoms in total. The molecule has 0 amide bonds. The molecule has 26 heavy (non-hydrogen) atoms. The Morgan fingerprint density at radius 1 is 1.04 bits per heavy atom. The minimum atomic E-state index is -0.0346. The predicted molar refractivity (Wildman–Crippen MR) is 111 cm³/mol. The maximum absolute atomic E-state index is 12.7. The van der Waals surface area contributed by atoms with E-state index < -0.39 is 0 Å². The van der Waals surface area contributed by atoms with Gasteiger partial charge in [-0.1, -0.05) is 53.5 Å². The molecule has 0 saturated heterocycles. The molecule has 0 atom stereocenters. The van der Waals surface area contributed by atoms with E-state index in [0.29, 0.717) is 15.6 Å². The first-order valence-electron chi connectivity index (χ1n) is 8.45. The summed E-state index contributed by atoms with van der Waals surface area (Å²) in [7, 11) is 6.17. The standard InChI is InChI=1S/C21H24Cl2N2O/c1-24(2)12-13-25(3)15-17-6-4-5-7-19(17)21(26)11-9-16-8-10-18(22)14-20(16)23/h4-11,14H,12-13,15H2,1-3H3. The van der Waals surface area contributed by atoms with Crippen molar-refractivity contribution in [3.63, 3.8) is 0 Å². The highest BCUT2D eigenvalue weighted by Gasteiger charge is 2.10. The fourth-order valence-electron chi connectivity index (χ4n) is 2.53. The van der Waals surface area contributed by atoms with Gasteiger partial charge in [-0.3, -0.25) is 4.79 Å². The van der Waals surface area contributed by atoms with Gasteiger partial charge in [0.1, 0.15) is 0 Å². The van der Waals surface area contributed by atoms with E-state index in [-0.39, 0.29) is 5.78 Å². The van der Waals surface area contributed by atoms with Gasteiger partial charge in [-0.15, -0.1) is 0 Å². The number of ketones is 1. The lowest BCUT2D eigenvalue weighted by Gasteiger charge is -2.20. The number of benzene rings is 2. The van der Waals surface area contributed by atoms with Gasteiger partial charge in [-0.05, 0) is 56.6 Å². The lowest BCUT2D eigenvalue weighted by Crippen LogP contribution is -2.28. The Balaban J connectivity index is 2.12. The van der Waals surface area contributed by atoms with Gasteiger partial charge < -0.3 is 9.80 Å². The average molecular weight is 391 g/mol. The van der Waals surface area contributed by atoms with E-state index in [1.54, 1.807) is 30.4 Å². The smallest absolute Gasteiger partial charge is 0.186 e. The molecule has 2 aromatic rings. The topological polar surface area (TPSA) is 23.6 Å². The van der Waals surface area contributed by atoms with E-state index in [4.69, 9.17) is 23.2 Å². The van der Waals surface area contributed by atoms with Crippen LogP contribution in [0.1, 0.15) is 21.5 Å². The highest BCUT2D eigenvalue weighted by molar-refractivity contribution is 6.35. The number of likely N-dealkylation sites (N-methyl/N-ethyl adjacent to an activating group) is 2. The minimum Gasteiger partial charge on any atom is -0.308 e. The van der Waals surface area contributed by atoms with Gasteiger partial charge in [-0.25, -0.2) is 0 Å². The van der Waals surface area contributed by atoms with Gasteiger partial charge in [0, 0.05) is 35.2 Å². The molecule has 0 radical (unpaired) electrons. The van der Waals surface area contributed by atoms with Crippen LogP contribution in [0, 0.1) is 0 Å². The third-order valence-corrected chi connectivity index (χ3v) is 4.59. The second-order valence-electron chi connectivity index (χ2n) is 6.56. The first-order valence-corrected chi connectivity index (χ1v) is 9.21. The Kier molecular flexibility index (Phi) is 7.85. The molecule has 138 valence electrons. The van der Waals surface area contributed by atoms with Crippen LogP contribution in [-0.4, -0.2) is 49.8 Å². The summed E-state index contributed by atoms with van der Waals surface area (Å²) in [5.41, 5.74) is 2.50. The maximum atomic E-state index is 12.7. The summed E-state index contributed by atoms with van der Waals surface area (Å²) in [5.74, 6) is -0.0346. The van der Waals surface area contributed by atoms with Gasteiger partial charge in [0.2, 0.25) is 0 Å². The molecule has 2 aromatic carbocycles. The third-order valence-electron chi connectivity index (χ3n) is 4.03. The largest absolute Gasteiger partial charge is 0.308 e. The van der Waals surface area contributed by atoms with Gasteiger partial charge in [0.25, 0.3) is 0 Å². The Labute approximate surface area is 165 Å². The fraction of sp³-hybridized carbons (Fsp3) is 0.286. The summed E-state index contributed by atoms with van der Waals surface area (Å²) in [5, 5.41) is 1.10. The van der Waals surface area contributed by atoms with Gasteiger partial charge in [-0.2, -0.15) is 0 Å².